The molecule has 0 atom stereocenters. The Labute approximate surface area is 154 Å². The van der Waals surface area contributed by atoms with Crippen molar-refractivity contribution < 1.29 is 19.1 Å². The van der Waals surface area contributed by atoms with Crippen LogP contribution in [0.3, 0.4) is 0 Å². The van der Waals surface area contributed by atoms with E-state index in [9.17, 15) is 9.59 Å². The van der Waals surface area contributed by atoms with E-state index in [0.717, 1.165) is 21.2 Å². The zero-order valence-electron chi connectivity index (χ0n) is 13.9. The fourth-order valence-electron chi connectivity index (χ4n) is 2.05. The topological polar surface area (TPSA) is 64.6 Å². The number of amides is 1. The third kappa shape index (κ3) is 5.76. The number of halogens is 1. The van der Waals surface area contributed by atoms with Crippen molar-refractivity contribution in [2.24, 2.45) is 0 Å². The Morgan fingerprint density at radius 3 is 2.52 bits per heavy atom. The summed E-state index contributed by atoms with van der Waals surface area (Å²) >= 11 is 3.42. The number of methoxy groups -OCH3 is 1. The Morgan fingerprint density at radius 2 is 1.88 bits per heavy atom. The first-order valence-corrected chi connectivity index (χ1v) is 8.33. The lowest BCUT2D eigenvalue weighted by molar-refractivity contribution is -0.136. The fraction of sp³-hybridized carbons (Fsp3) is 0.158. The molecule has 0 aliphatic heterocycles. The minimum Gasteiger partial charge on any atom is -0.464 e. The highest BCUT2D eigenvalue weighted by atomic mass is 79.9. The molecule has 2 aromatic carbocycles. The van der Waals surface area contributed by atoms with Crippen LogP contribution in [0.2, 0.25) is 0 Å². The van der Waals surface area contributed by atoms with Gasteiger partial charge in [-0.05, 0) is 35.8 Å². The standard InChI is InChI=1S/C19H18BrNO4/c1-13-10-15(8-9-16(13)20)11-17(18(22)24-2)21-19(23)25-12-14-6-4-3-5-7-14/h3-11H,12H2,1-2H3,(H,21,23). The van der Waals surface area contributed by atoms with Gasteiger partial charge in [0.25, 0.3) is 0 Å². The summed E-state index contributed by atoms with van der Waals surface area (Å²) in [6, 6.07) is 14.8. The van der Waals surface area contributed by atoms with E-state index in [0.29, 0.717) is 0 Å². The summed E-state index contributed by atoms with van der Waals surface area (Å²) in [6.45, 7) is 2.04. The number of aryl methyl sites for hydroxylation is 1. The normalized spacial score (nSPS) is 10.9. The molecule has 0 aliphatic rings. The number of esters is 1. The number of ether oxygens (including phenoxy) is 2. The van der Waals surface area contributed by atoms with Crippen LogP contribution in [0.4, 0.5) is 4.79 Å². The average Bonchev–Trinajstić information content (AvgIpc) is 2.62. The van der Waals surface area contributed by atoms with Crippen molar-refractivity contribution in [2.75, 3.05) is 7.11 Å². The molecular weight excluding hydrogens is 386 g/mol. The first-order valence-electron chi connectivity index (χ1n) is 7.53. The van der Waals surface area contributed by atoms with E-state index >= 15 is 0 Å². The Morgan fingerprint density at radius 1 is 1.16 bits per heavy atom. The summed E-state index contributed by atoms with van der Waals surface area (Å²) in [5, 5.41) is 2.43. The predicted molar refractivity (Wildman–Crippen MR) is 98.6 cm³/mol. The Bertz CT molecular complexity index is 787. The summed E-state index contributed by atoms with van der Waals surface area (Å²) in [5.74, 6) is -0.655. The van der Waals surface area contributed by atoms with E-state index in [1.165, 1.54) is 13.2 Å². The molecule has 2 aromatic rings. The van der Waals surface area contributed by atoms with E-state index < -0.39 is 12.1 Å². The van der Waals surface area contributed by atoms with Crippen LogP contribution in [-0.4, -0.2) is 19.2 Å². The van der Waals surface area contributed by atoms with E-state index in [2.05, 4.69) is 21.2 Å². The molecule has 0 saturated carbocycles. The number of rotatable bonds is 5. The van der Waals surface area contributed by atoms with Gasteiger partial charge in [-0.1, -0.05) is 58.4 Å². The predicted octanol–water partition coefficient (Wildman–Crippen LogP) is 4.20. The van der Waals surface area contributed by atoms with Gasteiger partial charge in [0.15, 0.2) is 0 Å². The molecular formula is C19H18BrNO4. The highest BCUT2D eigenvalue weighted by molar-refractivity contribution is 9.10. The fourth-order valence-corrected chi connectivity index (χ4v) is 2.30. The highest BCUT2D eigenvalue weighted by Crippen LogP contribution is 2.18. The van der Waals surface area contributed by atoms with Gasteiger partial charge in [-0.2, -0.15) is 0 Å². The van der Waals surface area contributed by atoms with Crippen molar-refractivity contribution in [3.63, 3.8) is 0 Å². The van der Waals surface area contributed by atoms with Crippen molar-refractivity contribution >= 4 is 34.1 Å². The molecule has 0 aliphatic carbocycles. The first kappa shape index (κ1) is 18.7. The maximum atomic E-state index is 12.0. The molecule has 0 bridgehead atoms. The first-order chi connectivity index (χ1) is 12.0. The maximum Gasteiger partial charge on any atom is 0.412 e. The van der Waals surface area contributed by atoms with Gasteiger partial charge >= 0.3 is 12.1 Å². The van der Waals surface area contributed by atoms with Gasteiger partial charge in [0.2, 0.25) is 0 Å². The van der Waals surface area contributed by atoms with E-state index in [-0.39, 0.29) is 12.3 Å². The molecule has 1 amide bonds. The third-order valence-corrected chi connectivity index (χ3v) is 4.24. The van der Waals surface area contributed by atoms with Gasteiger partial charge in [-0.25, -0.2) is 9.59 Å². The quantitative estimate of drug-likeness (QED) is 0.600. The zero-order valence-corrected chi connectivity index (χ0v) is 15.5. The summed E-state index contributed by atoms with van der Waals surface area (Å²) in [5.41, 5.74) is 2.61. The largest absolute Gasteiger partial charge is 0.464 e. The van der Waals surface area contributed by atoms with E-state index in [1.54, 1.807) is 0 Å². The second-order valence-electron chi connectivity index (χ2n) is 5.24. The van der Waals surface area contributed by atoms with Crippen LogP contribution in [0.25, 0.3) is 6.08 Å². The van der Waals surface area contributed by atoms with Gasteiger partial charge in [0.05, 0.1) is 7.11 Å². The number of hydrogen-bond acceptors (Lipinski definition) is 4. The van der Waals surface area contributed by atoms with E-state index in [1.807, 2.05) is 55.5 Å². The summed E-state index contributed by atoms with van der Waals surface area (Å²) < 4.78 is 10.8. The lowest BCUT2D eigenvalue weighted by Crippen LogP contribution is -2.28. The maximum absolute atomic E-state index is 12.0. The van der Waals surface area contributed by atoms with Crippen molar-refractivity contribution in [3.8, 4) is 0 Å². The second kappa shape index (κ2) is 9.03. The van der Waals surface area contributed by atoms with Crippen LogP contribution in [0.15, 0.2) is 58.7 Å². The van der Waals surface area contributed by atoms with E-state index in [4.69, 9.17) is 9.47 Å². The molecule has 0 heterocycles. The van der Waals surface area contributed by atoms with Gasteiger partial charge in [-0.3, -0.25) is 5.32 Å². The molecule has 1 N–H and O–H groups in total. The average molecular weight is 404 g/mol. The van der Waals surface area contributed by atoms with Crippen molar-refractivity contribution in [2.45, 2.75) is 13.5 Å². The SMILES string of the molecule is COC(=O)C(=Cc1ccc(Br)c(C)c1)NC(=O)OCc1ccccc1. The zero-order chi connectivity index (χ0) is 18.2. The number of benzene rings is 2. The molecule has 5 nitrogen and oxygen atoms in total. The van der Waals surface area contributed by atoms with Gasteiger partial charge in [-0.15, -0.1) is 0 Å². The molecule has 0 saturated heterocycles. The minimum absolute atomic E-state index is 0.00211. The number of hydrogen-bond donors (Lipinski definition) is 1. The number of nitrogens with one attached hydrogen (secondary N) is 1. The van der Waals surface area contributed by atoms with Gasteiger partial charge in [0.1, 0.15) is 12.3 Å². The van der Waals surface area contributed by atoms with Crippen LogP contribution < -0.4 is 5.32 Å². The van der Waals surface area contributed by atoms with Crippen LogP contribution >= 0.6 is 15.9 Å². The smallest absolute Gasteiger partial charge is 0.412 e. The Hall–Kier alpha value is -2.60. The van der Waals surface area contributed by atoms with Gasteiger partial charge in [0, 0.05) is 4.47 Å². The molecule has 25 heavy (non-hydrogen) atoms. The third-order valence-electron chi connectivity index (χ3n) is 3.35. The number of carbonyl (C=O) groups is 2. The molecule has 0 radical (unpaired) electrons. The Balaban J connectivity index is 2.09. The molecule has 130 valence electrons. The van der Waals surface area contributed by atoms with Gasteiger partial charge < -0.3 is 9.47 Å². The number of alkyl carbamates (subject to hydrolysis) is 1. The molecule has 2 rings (SSSR count). The summed E-state index contributed by atoms with van der Waals surface area (Å²) in [7, 11) is 1.25. The monoisotopic (exact) mass is 403 g/mol. The van der Waals surface area contributed by atoms with Crippen molar-refractivity contribution in [3.05, 3.63) is 75.4 Å². The van der Waals surface area contributed by atoms with Crippen LogP contribution in [0.1, 0.15) is 16.7 Å². The highest BCUT2D eigenvalue weighted by Gasteiger charge is 2.14. The molecule has 0 spiro atoms. The molecule has 0 unspecified atom stereocenters. The number of carbonyl (C=O) groups excluding carboxylic acids is 2. The molecule has 0 fully saturated rings. The van der Waals surface area contributed by atoms with Crippen molar-refractivity contribution in [1.82, 2.24) is 5.32 Å². The minimum atomic E-state index is -0.727. The second-order valence-corrected chi connectivity index (χ2v) is 6.10. The lowest BCUT2D eigenvalue weighted by atomic mass is 10.1. The molecule has 0 aromatic heterocycles. The lowest BCUT2D eigenvalue weighted by Gasteiger charge is -2.10. The van der Waals surface area contributed by atoms with Crippen molar-refractivity contribution in [1.29, 1.82) is 0 Å². The molecule has 6 heteroatoms. The summed E-state index contributed by atoms with van der Waals surface area (Å²) in [6.07, 6.45) is 0.809. The summed E-state index contributed by atoms with van der Waals surface area (Å²) in [4.78, 5) is 23.9. The van der Waals surface area contributed by atoms with Crippen LogP contribution in [0, 0.1) is 6.92 Å². The Kier molecular flexibility index (Phi) is 6.77. The van der Waals surface area contributed by atoms with Crippen LogP contribution in [0.5, 0.6) is 0 Å². The van der Waals surface area contributed by atoms with Crippen LogP contribution in [-0.2, 0) is 20.9 Å².